The van der Waals surface area contributed by atoms with Crippen LogP contribution in [-0.4, -0.2) is 49.0 Å². The van der Waals surface area contributed by atoms with E-state index in [2.05, 4.69) is 6.58 Å². The van der Waals surface area contributed by atoms with E-state index in [0.29, 0.717) is 25.7 Å². The van der Waals surface area contributed by atoms with Gasteiger partial charge in [-0.25, -0.2) is 0 Å². The van der Waals surface area contributed by atoms with Crippen molar-refractivity contribution in [1.82, 2.24) is 0 Å². The third-order valence-corrected chi connectivity index (χ3v) is 12.3. The monoisotopic (exact) mass is 618 g/mol. The summed E-state index contributed by atoms with van der Waals surface area (Å²) in [7, 11) is 0. The van der Waals surface area contributed by atoms with Crippen LogP contribution in [0.15, 0.2) is 53.6 Å². The summed E-state index contributed by atoms with van der Waals surface area (Å²) in [5, 5.41) is 46.6. The molecule has 1 aromatic rings. The van der Waals surface area contributed by atoms with Gasteiger partial charge in [0.05, 0.1) is 16.4 Å². The number of rotatable bonds is 9. The van der Waals surface area contributed by atoms with Crippen molar-refractivity contribution in [2.75, 3.05) is 0 Å². The Bertz CT molecular complexity index is 1540. The molecule has 7 heteroatoms. The SMILES string of the molecule is C=C(C)CC[C@H]1C[C@@]23C[C@@H](CC=C(C)C)[C@@](C)(O)C[C@]4(C(=O)c5ccc(O)c(O)c5)C(=O)[C@@](CC=C(C)C)(C[C@]1(C)[C@]24O)C3=O. The summed E-state index contributed by atoms with van der Waals surface area (Å²) in [5.74, 6) is -3.30. The van der Waals surface area contributed by atoms with E-state index in [9.17, 15) is 20.4 Å². The molecule has 0 unspecified atom stereocenters. The Hall–Kier alpha value is -3.03. The first-order valence-corrected chi connectivity index (χ1v) is 16.3. The zero-order valence-electron chi connectivity index (χ0n) is 27.9. The van der Waals surface area contributed by atoms with Crippen LogP contribution in [0.5, 0.6) is 11.5 Å². The Labute approximate surface area is 267 Å². The Balaban J connectivity index is 1.90. The molecule has 0 aromatic heterocycles. The zero-order chi connectivity index (χ0) is 33.5. The number of phenols is 2. The molecule has 0 spiro atoms. The van der Waals surface area contributed by atoms with E-state index >= 15 is 14.4 Å². The molecule has 7 nitrogen and oxygen atoms in total. The lowest BCUT2D eigenvalue weighted by Crippen LogP contribution is -2.83. The average Bonchev–Trinajstić information content (AvgIpc) is 3.05. The van der Waals surface area contributed by atoms with Crippen LogP contribution in [0.4, 0.5) is 0 Å². The van der Waals surface area contributed by atoms with Gasteiger partial charge >= 0.3 is 0 Å². The second kappa shape index (κ2) is 10.5. The molecule has 4 N–H and O–H groups in total. The summed E-state index contributed by atoms with van der Waals surface area (Å²) in [6.07, 6.45) is 6.00. The number of Topliss-reactive ketones (excluding diaryl/α,β-unsaturated/α-hetero) is 3. The van der Waals surface area contributed by atoms with E-state index in [4.69, 9.17) is 0 Å². The van der Waals surface area contributed by atoms with E-state index in [1.165, 1.54) is 12.1 Å². The first-order valence-electron chi connectivity index (χ1n) is 16.3. The van der Waals surface area contributed by atoms with Gasteiger partial charge in [-0.2, -0.15) is 0 Å². The van der Waals surface area contributed by atoms with Gasteiger partial charge in [0.15, 0.2) is 28.8 Å². The van der Waals surface area contributed by atoms with Crippen molar-refractivity contribution in [1.29, 1.82) is 0 Å². The van der Waals surface area contributed by atoms with Gasteiger partial charge in [0.25, 0.3) is 0 Å². The molecule has 5 fully saturated rings. The molecule has 6 rings (SSSR count). The third-order valence-electron chi connectivity index (χ3n) is 12.3. The predicted octanol–water partition coefficient (Wildman–Crippen LogP) is 6.78. The van der Waals surface area contributed by atoms with Crippen LogP contribution in [0, 0.1) is 33.5 Å². The summed E-state index contributed by atoms with van der Waals surface area (Å²) in [6, 6.07) is 3.64. The van der Waals surface area contributed by atoms with Crippen LogP contribution in [0.2, 0.25) is 0 Å². The topological polar surface area (TPSA) is 132 Å². The fourth-order valence-electron chi connectivity index (χ4n) is 10.3. The van der Waals surface area contributed by atoms with Crippen molar-refractivity contribution in [3.63, 3.8) is 0 Å². The number of carbonyl (C=O) groups is 3. The molecular formula is C38H50O7. The van der Waals surface area contributed by atoms with Crippen LogP contribution in [0.1, 0.15) is 110 Å². The maximum absolute atomic E-state index is 15.4. The van der Waals surface area contributed by atoms with Gasteiger partial charge in [0, 0.05) is 11.0 Å². The number of aliphatic hydroxyl groups is 2. The minimum Gasteiger partial charge on any atom is -0.504 e. The van der Waals surface area contributed by atoms with E-state index in [1.54, 1.807) is 6.92 Å². The van der Waals surface area contributed by atoms with Crippen LogP contribution >= 0.6 is 0 Å². The van der Waals surface area contributed by atoms with Crippen molar-refractivity contribution in [2.24, 2.45) is 33.5 Å². The minimum atomic E-state index is -2.17. The summed E-state index contributed by atoms with van der Waals surface area (Å²) >= 11 is 0. The average molecular weight is 619 g/mol. The second-order valence-electron chi connectivity index (χ2n) is 15.9. The highest BCUT2D eigenvalue weighted by Crippen LogP contribution is 2.83. The summed E-state index contributed by atoms with van der Waals surface area (Å²) in [6.45, 7) is 17.4. The van der Waals surface area contributed by atoms with E-state index in [0.717, 1.165) is 22.8 Å². The maximum Gasteiger partial charge on any atom is 0.179 e. The van der Waals surface area contributed by atoms with E-state index < -0.39 is 61.8 Å². The molecule has 0 radical (unpaired) electrons. The molecule has 5 bridgehead atoms. The fraction of sp³-hybridized carbons (Fsp3) is 0.605. The minimum absolute atomic E-state index is 0.0559. The first kappa shape index (κ1) is 33.3. The third kappa shape index (κ3) is 4.25. The highest BCUT2D eigenvalue weighted by molar-refractivity contribution is 6.27. The van der Waals surface area contributed by atoms with Gasteiger partial charge in [-0.15, -0.1) is 6.58 Å². The number of phenolic OH excluding ortho intramolecular Hbond substituents is 2. The smallest absolute Gasteiger partial charge is 0.179 e. The fourth-order valence-corrected chi connectivity index (χ4v) is 10.3. The van der Waals surface area contributed by atoms with Gasteiger partial charge < -0.3 is 20.4 Å². The lowest BCUT2D eigenvalue weighted by molar-refractivity contribution is -0.255. The second-order valence-corrected chi connectivity index (χ2v) is 15.9. The molecule has 5 aliphatic carbocycles. The van der Waals surface area contributed by atoms with Crippen LogP contribution in [-0.2, 0) is 9.59 Å². The van der Waals surface area contributed by atoms with Crippen molar-refractivity contribution >= 4 is 17.3 Å². The quantitative estimate of drug-likeness (QED) is 0.104. The number of hydrogen-bond donors (Lipinski definition) is 4. The van der Waals surface area contributed by atoms with Crippen molar-refractivity contribution < 1.29 is 34.8 Å². The Morgan fingerprint density at radius 3 is 2.11 bits per heavy atom. The van der Waals surface area contributed by atoms with Crippen molar-refractivity contribution in [3.8, 4) is 11.5 Å². The molecule has 244 valence electrons. The van der Waals surface area contributed by atoms with Crippen LogP contribution in [0.25, 0.3) is 0 Å². The molecule has 0 heterocycles. The molecule has 5 aliphatic rings. The Morgan fingerprint density at radius 1 is 0.911 bits per heavy atom. The Kier molecular flexibility index (Phi) is 7.78. The number of ketones is 3. The number of allylic oxidation sites excluding steroid dienone is 5. The Morgan fingerprint density at radius 2 is 1.53 bits per heavy atom. The van der Waals surface area contributed by atoms with Crippen LogP contribution in [0.3, 0.4) is 0 Å². The maximum atomic E-state index is 15.4. The van der Waals surface area contributed by atoms with Gasteiger partial charge in [0.1, 0.15) is 11.0 Å². The molecule has 0 amide bonds. The number of carbonyl (C=O) groups excluding carboxylic acids is 3. The van der Waals surface area contributed by atoms with Crippen LogP contribution < -0.4 is 0 Å². The first-order chi connectivity index (χ1) is 20.8. The molecule has 0 aliphatic heterocycles. The molecule has 5 saturated carbocycles. The molecule has 45 heavy (non-hydrogen) atoms. The summed E-state index contributed by atoms with van der Waals surface area (Å²) < 4.78 is 0. The molecular weight excluding hydrogens is 568 g/mol. The van der Waals surface area contributed by atoms with Gasteiger partial charge in [-0.1, -0.05) is 35.8 Å². The lowest BCUT2D eigenvalue weighted by atomic mass is 9.32. The highest BCUT2D eigenvalue weighted by atomic mass is 16.3. The lowest BCUT2D eigenvalue weighted by Gasteiger charge is -2.69. The predicted molar refractivity (Wildman–Crippen MR) is 173 cm³/mol. The number of hydrogen-bond acceptors (Lipinski definition) is 7. The summed E-state index contributed by atoms with van der Waals surface area (Å²) in [5.41, 5.74) is -7.01. The molecule has 8 atom stereocenters. The highest BCUT2D eigenvalue weighted by Gasteiger charge is 2.92. The van der Waals surface area contributed by atoms with E-state index in [-0.39, 0.29) is 42.9 Å². The standard InChI is InChI=1S/C38H50O7/c1-22(2)9-12-26-18-36-19-27(13-10-23(3)4)34(8,44)21-37(30(41)25-11-14-28(39)29(40)17-25)32(43)35(31(36)42,16-15-24(5)6)20-33(26,7)38(36,37)45/h10-11,14-15,17,26-27,39-40,44-45H,1,9,12-13,16,18-21H2,2-8H3/t26-,27+,33-,34-,35-,36-,37-,38-/m0/s1. The largest absolute Gasteiger partial charge is 0.504 e. The van der Waals surface area contributed by atoms with Crippen molar-refractivity contribution in [2.45, 2.75) is 111 Å². The number of aromatic hydroxyl groups is 2. The van der Waals surface area contributed by atoms with Crippen molar-refractivity contribution in [3.05, 3.63) is 59.2 Å². The molecule has 1 aromatic carbocycles. The van der Waals surface area contributed by atoms with Gasteiger partial charge in [-0.05, 0) is 123 Å². The summed E-state index contributed by atoms with van der Waals surface area (Å²) in [4.78, 5) is 45.9. The molecule has 0 saturated heterocycles. The van der Waals surface area contributed by atoms with Gasteiger partial charge in [0.2, 0.25) is 0 Å². The van der Waals surface area contributed by atoms with Gasteiger partial charge in [-0.3, -0.25) is 14.4 Å². The number of benzene rings is 1. The zero-order valence-corrected chi connectivity index (χ0v) is 27.9. The normalized spacial score (nSPS) is 39.8. The van der Waals surface area contributed by atoms with E-state index in [1.807, 2.05) is 53.7 Å².